The van der Waals surface area contributed by atoms with E-state index >= 15 is 0 Å². The molecule has 0 aromatic carbocycles. The number of Topliss-reactive ketones (excluding diaryl/α,β-unsaturated/α-hetero) is 1. The SMILES string of the molecule is COC(=O)[C@]1(O)C(=O)C(C)=C2O[C@@]3(C)CC[C@@H]4C(C)(C)C(=O)C=C[C@@]4(C)[C@@H]3C[C@]2(C)[C@H]1C. The minimum atomic E-state index is -2.25. The van der Waals surface area contributed by atoms with Gasteiger partial charge in [-0.3, -0.25) is 9.59 Å². The van der Waals surface area contributed by atoms with Gasteiger partial charge in [-0.25, -0.2) is 4.79 Å². The molecule has 2 fully saturated rings. The molecule has 3 aliphatic carbocycles. The first-order valence-corrected chi connectivity index (χ1v) is 11.6. The van der Waals surface area contributed by atoms with Gasteiger partial charge in [0.1, 0.15) is 11.4 Å². The van der Waals surface area contributed by atoms with E-state index in [1.165, 1.54) is 7.11 Å². The van der Waals surface area contributed by atoms with Crippen molar-refractivity contribution in [3.8, 4) is 0 Å². The number of aliphatic hydroxyl groups is 1. The molecule has 4 rings (SSSR count). The third-order valence-electron chi connectivity index (χ3n) is 9.86. The molecule has 6 heteroatoms. The Bertz CT molecular complexity index is 975. The molecule has 0 bridgehead atoms. The van der Waals surface area contributed by atoms with Gasteiger partial charge in [-0.05, 0) is 50.5 Å². The quantitative estimate of drug-likeness (QED) is 0.489. The summed E-state index contributed by atoms with van der Waals surface area (Å²) in [6.45, 7) is 13.7. The van der Waals surface area contributed by atoms with Crippen LogP contribution in [0.2, 0.25) is 0 Å². The number of ketones is 2. The van der Waals surface area contributed by atoms with Crippen LogP contribution in [0.4, 0.5) is 0 Å². The lowest BCUT2D eigenvalue weighted by atomic mass is 9.43. The van der Waals surface area contributed by atoms with Crippen LogP contribution in [0.1, 0.15) is 67.7 Å². The lowest BCUT2D eigenvalue weighted by Crippen LogP contribution is -2.67. The van der Waals surface area contributed by atoms with E-state index in [0.29, 0.717) is 17.8 Å². The lowest BCUT2D eigenvalue weighted by molar-refractivity contribution is -0.219. The molecule has 1 aliphatic heterocycles. The van der Waals surface area contributed by atoms with Crippen LogP contribution in [0, 0.1) is 34.0 Å². The summed E-state index contributed by atoms with van der Waals surface area (Å²) < 4.78 is 11.6. The Hall–Kier alpha value is -1.95. The van der Waals surface area contributed by atoms with Gasteiger partial charge in [0.2, 0.25) is 11.4 Å². The molecule has 1 heterocycles. The first-order valence-electron chi connectivity index (χ1n) is 11.6. The third kappa shape index (κ3) is 2.53. The molecule has 0 spiro atoms. The third-order valence-corrected chi connectivity index (χ3v) is 9.86. The molecule has 4 aliphatic rings. The number of carbonyl (C=O) groups excluding carboxylic acids is 3. The number of allylic oxidation sites excluding steroid dienone is 3. The van der Waals surface area contributed by atoms with Crippen molar-refractivity contribution >= 4 is 17.5 Å². The normalized spacial score (nSPS) is 47.2. The highest BCUT2D eigenvalue weighted by Crippen LogP contribution is 2.67. The average molecular weight is 445 g/mol. The minimum absolute atomic E-state index is 0.0384. The van der Waals surface area contributed by atoms with Crippen molar-refractivity contribution in [2.75, 3.05) is 7.11 Å². The van der Waals surface area contributed by atoms with E-state index in [-0.39, 0.29) is 23.0 Å². The van der Waals surface area contributed by atoms with Gasteiger partial charge in [0.05, 0.1) is 7.11 Å². The highest BCUT2D eigenvalue weighted by Gasteiger charge is 2.69. The van der Waals surface area contributed by atoms with Crippen LogP contribution >= 0.6 is 0 Å². The number of rotatable bonds is 1. The summed E-state index contributed by atoms with van der Waals surface area (Å²) in [5.41, 5.74) is -3.98. The molecule has 0 aromatic rings. The predicted molar refractivity (Wildman–Crippen MR) is 118 cm³/mol. The predicted octanol–water partition coefficient (Wildman–Crippen LogP) is 3.77. The van der Waals surface area contributed by atoms with Crippen LogP contribution in [-0.2, 0) is 23.9 Å². The standard InChI is InChI=1S/C26H36O6/c1-14-19(28)26(30,21(29)31-8)15(2)24(6)13-17-23(5)11-10-18(27)22(3,4)16(23)9-12-25(17,7)32-20(14)24/h10-11,15-17,30H,9,12-13H2,1-8H3/t15-,16-,17+,23-,24-,25+,26-/m1/s1. The molecule has 1 saturated heterocycles. The van der Waals surface area contributed by atoms with E-state index in [0.717, 1.165) is 12.8 Å². The molecule has 0 amide bonds. The van der Waals surface area contributed by atoms with Gasteiger partial charge < -0.3 is 14.6 Å². The van der Waals surface area contributed by atoms with Gasteiger partial charge in [-0.2, -0.15) is 0 Å². The Labute approximate surface area is 190 Å². The first-order chi connectivity index (χ1) is 14.6. The summed E-state index contributed by atoms with van der Waals surface area (Å²) >= 11 is 0. The molecular weight excluding hydrogens is 408 g/mol. The second kappa shape index (κ2) is 6.55. The smallest absolute Gasteiger partial charge is 0.346 e. The van der Waals surface area contributed by atoms with Crippen molar-refractivity contribution in [3.63, 3.8) is 0 Å². The van der Waals surface area contributed by atoms with Crippen molar-refractivity contribution < 1.29 is 29.0 Å². The second-order valence-corrected chi connectivity index (χ2v) is 11.7. The molecule has 0 aromatic heterocycles. The molecular formula is C26H36O6. The number of carbonyl (C=O) groups is 3. The Morgan fingerprint density at radius 3 is 2.38 bits per heavy atom. The molecule has 7 atom stereocenters. The van der Waals surface area contributed by atoms with Crippen LogP contribution in [0.3, 0.4) is 0 Å². The minimum Gasteiger partial charge on any atom is -0.491 e. The van der Waals surface area contributed by atoms with Crippen LogP contribution in [0.5, 0.6) is 0 Å². The van der Waals surface area contributed by atoms with E-state index in [9.17, 15) is 19.5 Å². The second-order valence-electron chi connectivity index (χ2n) is 11.7. The maximum absolute atomic E-state index is 13.2. The zero-order chi connectivity index (χ0) is 24.1. The van der Waals surface area contributed by atoms with Gasteiger partial charge in [-0.15, -0.1) is 0 Å². The molecule has 0 unspecified atom stereocenters. The summed E-state index contributed by atoms with van der Waals surface area (Å²) in [7, 11) is 1.18. The van der Waals surface area contributed by atoms with E-state index in [1.807, 2.05) is 20.8 Å². The van der Waals surface area contributed by atoms with Crippen LogP contribution < -0.4 is 0 Å². The highest BCUT2D eigenvalue weighted by atomic mass is 16.5. The zero-order valence-corrected chi connectivity index (χ0v) is 20.5. The largest absolute Gasteiger partial charge is 0.491 e. The van der Waals surface area contributed by atoms with Crippen LogP contribution in [0.25, 0.3) is 0 Å². The molecule has 0 radical (unpaired) electrons. The highest BCUT2D eigenvalue weighted by molar-refractivity contribution is 6.16. The maximum Gasteiger partial charge on any atom is 0.346 e. The number of ether oxygens (including phenoxy) is 2. The van der Waals surface area contributed by atoms with Crippen molar-refractivity contribution in [1.82, 2.24) is 0 Å². The summed E-state index contributed by atoms with van der Waals surface area (Å²) in [6.07, 6.45) is 6.04. The van der Waals surface area contributed by atoms with E-state index in [2.05, 4.69) is 19.9 Å². The van der Waals surface area contributed by atoms with Crippen molar-refractivity contribution in [1.29, 1.82) is 0 Å². The van der Waals surface area contributed by atoms with Gasteiger partial charge >= 0.3 is 5.97 Å². The monoisotopic (exact) mass is 444 g/mol. The summed E-state index contributed by atoms with van der Waals surface area (Å²) in [5, 5.41) is 11.4. The number of fused-ring (bicyclic) bond motifs is 4. The van der Waals surface area contributed by atoms with Crippen molar-refractivity contribution in [2.45, 2.75) is 78.9 Å². The molecule has 176 valence electrons. The zero-order valence-electron chi connectivity index (χ0n) is 20.5. The molecule has 1 N–H and O–H groups in total. The number of hydrogen-bond acceptors (Lipinski definition) is 6. The van der Waals surface area contributed by atoms with Crippen LogP contribution in [0.15, 0.2) is 23.5 Å². The number of esters is 1. The fourth-order valence-corrected chi connectivity index (χ4v) is 7.60. The van der Waals surface area contributed by atoms with E-state index < -0.39 is 39.7 Å². The van der Waals surface area contributed by atoms with Crippen molar-refractivity contribution in [2.24, 2.45) is 34.0 Å². The Balaban J connectivity index is 1.88. The van der Waals surface area contributed by atoms with Gasteiger partial charge in [0.15, 0.2) is 5.78 Å². The fourth-order valence-electron chi connectivity index (χ4n) is 7.60. The van der Waals surface area contributed by atoms with E-state index in [1.54, 1.807) is 19.9 Å². The van der Waals surface area contributed by atoms with Gasteiger partial charge in [0.25, 0.3) is 0 Å². The Morgan fingerprint density at radius 1 is 1.16 bits per heavy atom. The Morgan fingerprint density at radius 2 is 1.78 bits per heavy atom. The number of hydrogen-bond donors (Lipinski definition) is 1. The topological polar surface area (TPSA) is 89.9 Å². The molecule has 32 heavy (non-hydrogen) atoms. The van der Waals surface area contributed by atoms with Crippen LogP contribution in [-0.4, -0.2) is 41.0 Å². The summed E-state index contributed by atoms with van der Waals surface area (Å²) in [4.78, 5) is 38.5. The van der Waals surface area contributed by atoms with Gasteiger partial charge in [0, 0.05) is 28.2 Å². The number of methoxy groups -OCH3 is 1. The van der Waals surface area contributed by atoms with Gasteiger partial charge in [-0.1, -0.05) is 40.7 Å². The first kappa shape index (κ1) is 23.2. The molecule has 6 nitrogen and oxygen atoms in total. The lowest BCUT2D eigenvalue weighted by Gasteiger charge is -2.65. The maximum atomic E-state index is 13.2. The van der Waals surface area contributed by atoms with E-state index in [4.69, 9.17) is 9.47 Å². The molecule has 1 saturated carbocycles. The summed E-state index contributed by atoms with van der Waals surface area (Å²) in [5.74, 6) is -1.38. The van der Waals surface area contributed by atoms with Crippen molar-refractivity contribution in [3.05, 3.63) is 23.5 Å². The fraction of sp³-hybridized carbons (Fsp3) is 0.731. The Kier molecular flexibility index (Phi) is 4.76. The summed E-state index contributed by atoms with van der Waals surface area (Å²) in [6, 6.07) is 0. The average Bonchev–Trinajstić information content (AvgIpc) is 2.73.